The van der Waals surface area contributed by atoms with Gasteiger partial charge < -0.3 is 0 Å². The molecule has 0 spiro atoms. The van der Waals surface area contributed by atoms with E-state index in [9.17, 15) is 0 Å². The van der Waals surface area contributed by atoms with Crippen molar-refractivity contribution >= 4 is 45.8 Å². The summed E-state index contributed by atoms with van der Waals surface area (Å²) in [7, 11) is 0.412. The fourth-order valence-electron chi connectivity index (χ4n) is 2.25. The third kappa shape index (κ3) is 47.7. The maximum Gasteiger partial charge on any atom is 0 e. The second-order valence-corrected chi connectivity index (χ2v) is 30.3. The topological polar surface area (TPSA) is 0 Å². The van der Waals surface area contributed by atoms with E-state index in [1.54, 1.807) is 0 Å². The first kappa shape index (κ1) is 40.0. The quantitative estimate of drug-likeness (QED) is 0.196. The normalized spacial score (nSPS) is 10.2. The summed E-state index contributed by atoms with van der Waals surface area (Å²) in [6, 6.07) is 0. The van der Waals surface area contributed by atoms with Gasteiger partial charge in [0.2, 0.25) is 0 Å². The summed E-state index contributed by atoms with van der Waals surface area (Å²) in [5, 5.41) is 0. The first-order chi connectivity index (χ1) is 12.0. The van der Waals surface area contributed by atoms with E-state index >= 15 is 0 Å². The van der Waals surface area contributed by atoms with Crippen molar-refractivity contribution in [2.75, 3.05) is 55.5 Å². The standard InChI is InChI=1S/3C6H15P.C3H9SeSi.Cu/c3*1-4-7(5-2)6-3;1-5(2,3)4;/h3*4-6H2,1-3H3;1-3H3;/p+3. The molecule has 0 atom stereocenters. The minimum absolute atomic E-state index is 0. The van der Waals surface area contributed by atoms with E-state index in [-0.39, 0.29) is 40.8 Å². The van der Waals surface area contributed by atoms with Crippen molar-refractivity contribution in [2.24, 2.45) is 0 Å². The van der Waals surface area contributed by atoms with Gasteiger partial charge in [0.25, 0.3) is 0 Å². The molecular formula is C21H57CuP3SeSi+3. The van der Waals surface area contributed by atoms with Crippen LogP contribution >= 0.6 is 23.8 Å². The molecule has 0 saturated carbocycles. The molecule has 27 heavy (non-hydrogen) atoms. The van der Waals surface area contributed by atoms with Gasteiger partial charge in [0.1, 0.15) is 0 Å². The maximum atomic E-state index is 3.12. The molecule has 0 aromatic rings. The minimum atomic E-state index is -0.736. The Morgan fingerprint density at radius 3 is 0.519 bits per heavy atom. The Morgan fingerprint density at radius 2 is 0.519 bits per heavy atom. The van der Waals surface area contributed by atoms with Crippen molar-refractivity contribution in [3.05, 3.63) is 0 Å². The van der Waals surface area contributed by atoms with Gasteiger partial charge in [-0.25, -0.2) is 0 Å². The van der Waals surface area contributed by atoms with E-state index in [1.165, 1.54) is 55.5 Å². The van der Waals surface area contributed by atoms with Crippen LogP contribution in [0.1, 0.15) is 62.3 Å². The third-order valence-corrected chi connectivity index (χ3v) is 13.5. The van der Waals surface area contributed by atoms with Crippen LogP contribution in [0.15, 0.2) is 0 Å². The molecule has 2 radical (unpaired) electrons. The Hall–Kier alpha value is 2.55. The molecule has 174 valence electrons. The molecule has 6 heteroatoms. The third-order valence-electron chi connectivity index (χ3n) is 4.50. The second kappa shape index (κ2) is 30.7. The van der Waals surface area contributed by atoms with Crippen molar-refractivity contribution in [3.63, 3.8) is 0 Å². The van der Waals surface area contributed by atoms with E-state index < -0.39 is 6.68 Å². The summed E-state index contributed by atoms with van der Waals surface area (Å²) < 4.78 is 0. The molecule has 0 aliphatic rings. The molecule has 0 aliphatic carbocycles. The van der Waals surface area contributed by atoms with Crippen LogP contribution < -0.4 is 0 Å². The van der Waals surface area contributed by atoms with E-state index in [4.69, 9.17) is 0 Å². The van der Waals surface area contributed by atoms with Crippen LogP contribution in [0.3, 0.4) is 0 Å². The van der Waals surface area contributed by atoms with Crippen LogP contribution in [0, 0.1) is 0 Å². The predicted molar refractivity (Wildman–Crippen MR) is 149 cm³/mol. The van der Waals surface area contributed by atoms with E-state index in [1.807, 2.05) is 0 Å². The van der Waals surface area contributed by atoms with Gasteiger partial charge in [-0.05, 0) is 86.1 Å². The molecule has 0 fully saturated rings. The average Bonchev–Trinajstić information content (AvgIpc) is 2.59. The van der Waals surface area contributed by atoms with Crippen molar-refractivity contribution in [1.82, 2.24) is 0 Å². The Labute approximate surface area is 199 Å². The molecule has 0 aromatic heterocycles. The monoisotopic (exact) mass is 573 g/mol. The summed E-state index contributed by atoms with van der Waals surface area (Å²) in [5.74, 6) is 0. The van der Waals surface area contributed by atoms with Gasteiger partial charge in [-0.15, -0.1) is 0 Å². The van der Waals surface area contributed by atoms with Crippen molar-refractivity contribution in [1.29, 1.82) is 0 Å². The van der Waals surface area contributed by atoms with Crippen LogP contribution in [0.4, 0.5) is 0 Å². The predicted octanol–water partition coefficient (Wildman–Crippen LogP) is 7.77. The Morgan fingerprint density at radius 1 is 0.444 bits per heavy atom. The summed E-state index contributed by atoms with van der Waals surface area (Å²) >= 11 is 3.12. The molecular weight excluding hydrogens is 516 g/mol. The van der Waals surface area contributed by atoms with E-state index in [0.717, 1.165) is 0 Å². The first-order valence-corrected chi connectivity index (χ1v) is 23.6. The smallest absolute Gasteiger partial charge is 0 e. The largest absolute Gasteiger partial charge is 0 e. The van der Waals surface area contributed by atoms with Crippen molar-refractivity contribution < 1.29 is 17.1 Å². The zero-order chi connectivity index (χ0) is 21.6. The van der Waals surface area contributed by atoms with Crippen LogP contribution in [-0.4, -0.2) is 77.5 Å². The van der Waals surface area contributed by atoms with Crippen LogP contribution in [-0.2, 0) is 17.1 Å². The molecule has 0 amide bonds. The SMILES string of the molecule is CC[PH+](CC)CC.CC[PH+](CC)CC.CC[PH+](CC)CC.C[Si](C)(C)[Se].[Cu]. The Kier molecular flexibility index (Phi) is 45.5. The fraction of sp³-hybridized carbons (Fsp3) is 1.00. The van der Waals surface area contributed by atoms with Crippen LogP contribution in [0.25, 0.3) is 0 Å². The molecule has 0 nitrogen and oxygen atoms in total. The Balaban J connectivity index is -0.0000000793. The molecule has 0 aliphatic heterocycles. The molecule has 0 N–H and O–H groups in total. The molecule has 0 rings (SSSR count). The number of hydrogen-bond donors (Lipinski definition) is 0. The van der Waals surface area contributed by atoms with Gasteiger partial charge in [0, 0.05) is 17.1 Å². The molecule has 0 aromatic carbocycles. The van der Waals surface area contributed by atoms with Gasteiger partial charge in [-0.2, -0.15) is 0 Å². The molecule has 0 unspecified atom stereocenters. The first-order valence-electron chi connectivity index (χ1n) is 11.3. The van der Waals surface area contributed by atoms with Gasteiger partial charge in [-0.1, -0.05) is 0 Å². The summed E-state index contributed by atoms with van der Waals surface area (Å²) in [4.78, 5) is 0. The minimum Gasteiger partial charge on any atom is 0 e. The number of hydrogen-bond acceptors (Lipinski definition) is 0. The second-order valence-electron chi connectivity index (χ2n) is 7.54. The maximum absolute atomic E-state index is 3.12. The fourth-order valence-corrected chi connectivity index (χ4v) is 6.75. The van der Waals surface area contributed by atoms with Crippen molar-refractivity contribution in [2.45, 2.75) is 82.0 Å². The van der Waals surface area contributed by atoms with Crippen molar-refractivity contribution in [3.8, 4) is 0 Å². The average molecular weight is 573 g/mol. The molecule has 0 saturated heterocycles. The van der Waals surface area contributed by atoms with Crippen LogP contribution in [0.2, 0.25) is 19.6 Å². The Bertz CT molecular complexity index is 179. The summed E-state index contributed by atoms with van der Waals surface area (Å²) in [6.45, 7) is 26.8. The van der Waals surface area contributed by atoms with E-state index in [2.05, 4.69) is 97.3 Å². The molecule has 0 heterocycles. The van der Waals surface area contributed by atoms with Crippen LogP contribution in [0.5, 0.6) is 0 Å². The zero-order valence-corrected chi connectivity index (χ0v) is 27.7. The number of rotatable bonds is 9. The summed E-state index contributed by atoms with van der Waals surface area (Å²) in [5.41, 5.74) is 0. The molecule has 0 bridgehead atoms. The summed E-state index contributed by atoms with van der Waals surface area (Å²) in [6.07, 6.45) is 13.1. The zero-order valence-electron chi connectivity index (χ0n) is 21.1. The van der Waals surface area contributed by atoms with Gasteiger partial charge in [-0.3, -0.25) is 0 Å². The van der Waals surface area contributed by atoms with Gasteiger partial charge >= 0.3 is 41.7 Å². The van der Waals surface area contributed by atoms with Gasteiger partial charge in [0.05, 0.1) is 55.5 Å². The van der Waals surface area contributed by atoms with Gasteiger partial charge in [0.15, 0.2) is 0 Å². The van der Waals surface area contributed by atoms with E-state index in [0.29, 0.717) is 0 Å².